The van der Waals surface area contributed by atoms with Crippen LogP contribution in [0.3, 0.4) is 0 Å². The van der Waals surface area contributed by atoms with E-state index >= 15 is 0 Å². The van der Waals surface area contributed by atoms with Gasteiger partial charge in [-0.2, -0.15) is 0 Å². The molecule has 0 amide bonds. The molecule has 0 saturated heterocycles. The van der Waals surface area contributed by atoms with Gasteiger partial charge in [0.1, 0.15) is 5.75 Å². The van der Waals surface area contributed by atoms with Gasteiger partial charge < -0.3 is 4.74 Å². The summed E-state index contributed by atoms with van der Waals surface area (Å²) in [4.78, 5) is 11.2. The van der Waals surface area contributed by atoms with Gasteiger partial charge >= 0.3 is 0 Å². The Hall–Kier alpha value is -1.31. The smallest absolute Gasteiger partial charge is 0.160 e. The first kappa shape index (κ1) is 8.30. The van der Waals surface area contributed by atoms with E-state index in [9.17, 15) is 4.79 Å². The molecule has 0 fully saturated rings. The third-order valence-corrected chi connectivity index (χ3v) is 2.42. The molecule has 13 heavy (non-hydrogen) atoms. The first-order chi connectivity index (χ1) is 6.18. The van der Waals surface area contributed by atoms with Gasteiger partial charge in [-0.15, -0.1) is 0 Å². The van der Waals surface area contributed by atoms with Gasteiger partial charge in [-0.25, -0.2) is 0 Å². The Morgan fingerprint density at radius 1 is 1.46 bits per heavy atom. The number of carbonyl (C=O) groups excluding carboxylic acids is 1. The van der Waals surface area contributed by atoms with Gasteiger partial charge in [0.15, 0.2) is 5.78 Å². The summed E-state index contributed by atoms with van der Waals surface area (Å²) in [7, 11) is 0. The average Bonchev–Trinajstić information content (AvgIpc) is 2.48. The standard InChI is InChI=1S/C11H12O2/c1-7-5-11-9(3-4-13-11)6-10(7)8(2)12/h5-6H,3-4H2,1-2H3. The van der Waals surface area contributed by atoms with Crippen LogP contribution >= 0.6 is 0 Å². The quantitative estimate of drug-likeness (QED) is 0.613. The molecule has 0 radical (unpaired) electrons. The molecule has 0 unspecified atom stereocenters. The Morgan fingerprint density at radius 2 is 2.23 bits per heavy atom. The van der Waals surface area contributed by atoms with Crippen LogP contribution in [0.1, 0.15) is 28.4 Å². The van der Waals surface area contributed by atoms with Crippen molar-refractivity contribution in [2.75, 3.05) is 6.61 Å². The highest BCUT2D eigenvalue weighted by Crippen LogP contribution is 2.28. The van der Waals surface area contributed by atoms with Crippen LogP contribution in [0.4, 0.5) is 0 Å². The third kappa shape index (κ3) is 1.32. The van der Waals surface area contributed by atoms with Crippen LogP contribution in [0.15, 0.2) is 12.1 Å². The Balaban J connectivity index is 2.55. The summed E-state index contributed by atoms with van der Waals surface area (Å²) >= 11 is 0. The Kier molecular flexibility index (Phi) is 1.83. The lowest BCUT2D eigenvalue weighted by atomic mass is 10.0. The fraction of sp³-hybridized carbons (Fsp3) is 0.364. The number of hydrogen-bond donors (Lipinski definition) is 0. The lowest BCUT2D eigenvalue weighted by Gasteiger charge is -2.05. The van der Waals surface area contributed by atoms with Crippen molar-refractivity contribution in [2.45, 2.75) is 20.3 Å². The molecular weight excluding hydrogens is 164 g/mol. The maximum atomic E-state index is 11.2. The van der Waals surface area contributed by atoms with Crippen molar-refractivity contribution in [2.24, 2.45) is 0 Å². The lowest BCUT2D eigenvalue weighted by Crippen LogP contribution is -1.96. The molecule has 0 spiro atoms. The van der Waals surface area contributed by atoms with Crippen molar-refractivity contribution in [3.63, 3.8) is 0 Å². The van der Waals surface area contributed by atoms with Crippen molar-refractivity contribution in [3.8, 4) is 5.75 Å². The molecule has 68 valence electrons. The van der Waals surface area contributed by atoms with Crippen molar-refractivity contribution in [1.82, 2.24) is 0 Å². The third-order valence-electron chi connectivity index (χ3n) is 2.42. The number of Topliss-reactive ketones (excluding diaryl/α,β-unsaturated/α-hetero) is 1. The molecule has 2 nitrogen and oxygen atoms in total. The van der Waals surface area contributed by atoms with Gasteiger partial charge in [0, 0.05) is 12.0 Å². The highest BCUT2D eigenvalue weighted by atomic mass is 16.5. The molecule has 0 aliphatic carbocycles. The first-order valence-corrected chi connectivity index (χ1v) is 4.46. The molecule has 0 N–H and O–H groups in total. The number of aryl methyl sites for hydroxylation is 1. The minimum atomic E-state index is 0.132. The zero-order valence-electron chi connectivity index (χ0n) is 7.89. The summed E-state index contributed by atoms with van der Waals surface area (Å²) in [5, 5.41) is 0. The monoisotopic (exact) mass is 176 g/mol. The summed E-state index contributed by atoms with van der Waals surface area (Å²) in [6.45, 7) is 4.29. The van der Waals surface area contributed by atoms with Crippen LogP contribution in [0.2, 0.25) is 0 Å². The predicted octanol–water partition coefficient (Wildman–Crippen LogP) is 2.13. The minimum Gasteiger partial charge on any atom is -0.493 e. The molecule has 1 aromatic rings. The number of benzene rings is 1. The van der Waals surface area contributed by atoms with Crippen LogP contribution in [-0.4, -0.2) is 12.4 Å². The molecular formula is C11H12O2. The number of rotatable bonds is 1. The molecule has 1 aliphatic rings. The maximum Gasteiger partial charge on any atom is 0.160 e. The van der Waals surface area contributed by atoms with Crippen molar-refractivity contribution in [1.29, 1.82) is 0 Å². The topological polar surface area (TPSA) is 26.3 Å². The van der Waals surface area contributed by atoms with Crippen molar-refractivity contribution < 1.29 is 9.53 Å². The number of carbonyl (C=O) groups is 1. The van der Waals surface area contributed by atoms with Crippen LogP contribution in [0, 0.1) is 6.92 Å². The van der Waals surface area contributed by atoms with Crippen LogP contribution in [0.25, 0.3) is 0 Å². The fourth-order valence-electron chi connectivity index (χ4n) is 1.71. The molecule has 1 aromatic carbocycles. The highest BCUT2D eigenvalue weighted by Gasteiger charge is 2.15. The number of ketones is 1. The first-order valence-electron chi connectivity index (χ1n) is 4.46. The SMILES string of the molecule is CC(=O)c1cc2c(cc1C)OCC2. The van der Waals surface area contributed by atoms with Gasteiger partial charge in [0.2, 0.25) is 0 Å². The van der Waals surface area contributed by atoms with E-state index in [0.717, 1.165) is 35.5 Å². The Labute approximate surface area is 77.5 Å². The van der Waals surface area contributed by atoms with Gasteiger partial charge in [0.05, 0.1) is 6.61 Å². The highest BCUT2D eigenvalue weighted by molar-refractivity contribution is 5.96. The second-order valence-corrected chi connectivity index (χ2v) is 3.43. The lowest BCUT2D eigenvalue weighted by molar-refractivity contribution is 0.101. The second kappa shape index (κ2) is 2.87. The largest absolute Gasteiger partial charge is 0.493 e. The average molecular weight is 176 g/mol. The summed E-state index contributed by atoms with van der Waals surface area (Å²) in [5.74, 6) is 1.08. The molecule has 0 saturated carbocycles. The van der Waals surface area contributed by atoms with E-state index in [0.29, 0.717) is 0 Å². The van der Waals surface area contributed by atoms with Gasteiger partial charge in [0.25, 0.3) is 0 Å². The molecule has 1 aliphatic heterocycles. The molecule has 0 atom stereocenters. The van der Waals surface area contributed by atoms with E-state index in [2.05, 4.69) is 0 Å². The summed E-state index contributed by atoms with van der Waals surface area (Å²) in [5.41, 5.74) is 2.99. The number of hydrogen-bond acceptors (Lipinski definition) is 2. The molecule has 2 rings (SSSR count). The normalized spacial score (nSPS) is 13.7. The summed E-state index contributed by atoms with van der Waals surface area (Å²) in [6.07, 6.45) is 0.926. The van der Waals surface area contributed by atoms with E-state index < -0.39 is 0 Å². The molecule has 0 bridgehead atoms. The minimum absolute atomic E-state index is 0.132. The van der Waals surface area contributed by atoms with Crippen LogP contribution in [-0.2, 0) is 6.42 Å². The van der Waals surface area contributed by atoms with Crippen LogP contribution < -0.4 is 4.74 Å². The zero-order chi connectivity index (χ0) is 9.42. The molecule has 2 heteroatoms. The van der Waals surface area contributed by atoms with Crippen molar-refractivity contribution in [3.05, 3.63) is 28.8 Å². The van der Waals surface area contributed by atoms with Gasteiger partial charge in [-0.3, -0.25) is 4.79 Å². The van der Waals surface area contributed by atoms with E-state index in [4.69, 9.17) is 4.74 Å². The molecule has 1 heterocycles. The maximum absolute atomic E-state index is 11.2. The number of ether oxygens (including phenoxy) is 1. The zero-order valence-corrected chi connectivity index (χ0v) is 7.89. The Morgan fingerprint density at radius 3 is 2.92 bits per heavy atom. The summed E-state index contributed by atoms with van der Waals surface area (Å²) < 4.78 is 5.40. The molecule has 0 aromatic heterocycles. The van der Waals surface area contributed by atoms with Gasteiger partial charge in [-0.1, -0.05) is 0 Å². The Bertz CT molecular complexity index is 367. The predicted molar refractivity (Wildman–Crippen MR) is 50.4 cm³/mol. The van der Waals surface area contributed by atoms with E-state index in [1.807, 2.05) is 19.1 Å². The van der Waals surface area contributed by atoms with Crippen molar-refractivity contribution >= 4 is 5.78 Å². The number of fused-ring (bicyclic) bond motifs is 1. The van der Waals surface area contributed by atoms with Gasteiger partial charge in [-0.05, 0) is 37.1 Å². The summed E-state index contributed by atoms with van der Waals surface area (Å²) in [6, 6.07) is 3.92. The van der Waals surface area contributed by atoms with E-state index in [1.165, 1.54) is 0 Å². The fourth-order valence-corrected chi connectivity index (χ4v) is 1.71. The van der Waals surface area contributed by atoms with E-state index in [1.54, 1.807) is 6.92 Å². The second-order valence-electron chi connectivity index (χ2n) is 3.43. The van der Waals surface area contributed by atoms with Crippen LogP contribution in [0.5, 0.6) is 5.75 Å². The van der Waals surface area contributed by atoms with E-state index in [-0.39, 0.29) is 5.78 Å².